The van der Waals surface area contributed by atoms with E-state index in [1.54, 1.807) is 12.3 Å². The number of imidazole rings is 1. The molecule has 7 heteroatoms. The second-order valence-electron chi connectivity index (χ2n) is 5.52. The Morgan fingerprint density at radius 3 is 2.52 bits per heavy atom. The maximum atomic E-state index is 12.7. The van der Waals surface area contributed by atoms with Crippen LogP contribution >= 0.6 is 0 Å². The Kier molecular flexibility index (Phi) is 3.39. The highest BCUT2D eigenvalue weighted by Crippen LogP contribution is 2.35. The molecule has 0 spiro atoms. The number of hydrogen-bond acceptors (Lipinski definition) is 4. The van der Waals surface area contributed by atoms with Crippen LogP contribution in [0, 0.1) is 10.1 Å². The van der Waals surface area contributed by atoms with Gasteiger partial charge >= 0.3 is 0 Å². The Morgan fingerprint density at radius 2 is 1.84 bits per heavy atom. The predicted octanol–water partition coefficient (Wildman–Crippen LogP) is 3.49. The molecule has 7 nitrogen and oxygen atoms in total. The summed E-state index contributed by atoms with van der Waals surface area (Å²) in [5.41, 5.74) is 2.59. The zero-order valence-corrected chi connectivity index (χ0v) is 12.9. The van der Waals surface area contributed by atoms with Gasteiger partial charge in [-0.05, 0) is 11.6 Å². The number of nitro benzene ring substituents is 1. The lowest BCUT2D eigenvalue weighted by atomic mass is 9.94. The summed E-state index contributed by atoms with van der Waals surface area (Å²) in [5.74, 6) is 0. The van der Waals surface area contributed by atoms with Crippen LogP contribution in [0.25, 0.3) is 33.3 Å². The fraction of sp³-hybridized carbons (Fsp3) is 0. The van der Waals surface area contributed by atoms with Crippen LogP contribution in [-0.4, -0.2) is 19.9 Å². The van der Waals surface area contributed by atoms with Gasteiger partial charge in [-0.25, -0.2) is 4.98 Å². The monoisotopic (exact) mass is 332 g/mol. The number of non-ortho nitro benzene ring substituents is 1. The van der Waals surface area contributed by atoms with Crippen molar-refractivity contribution >= 4 is 16.6 Å². The largest absolute Gasteiger partial charge is 0.344 e. The second kappa shape index (κ2) is 5.72. The number of aromatic nitrogens is 3. The van der Waals surface area contributed by atoms with Gasteiger partial charge in [0.2, 0.25) is 0 Å². The third-order valence-corrected chi connectivity index (χ3v) is 4.04. The minimum absolute atomic E-state index is 0.0349. The Bertz CT molecular complexity index is 1130. The summed E-state index contributed by atoms with van der Waals surface area (Å²) in [5, 5.41) is 11.8. The first-order chi connectivity index (χ1) is 12.1. The molecule has 0 aliphatic carbocycles. The first-order valence-electron chi connectivity index (χ1n) is 7.54. The molecular weight excluding hydrogens is 320 g/mol. The molecule has 0 aliphatic rings. The van der Waals surface area contributed by atoms with Crippen molar-refractivity contribution in [1.82, 2.24) is 15.0 Å². The Morgan fingerprint density at radius 1 is 1.04 bits per heavy atom. The zero-order chi connectivity index (χ0) is 17.4. The Hall–Kier alpha value is -3.74. The van der Waals surface area contributed by atoms with Gasteiger partial charge in [-0.2, -0.15) is 0 Å². The fourth-order valence-electron chi connectivity index (χ4n) is 2.95. The summed E-state index contributed by atoms with van der Waals surface area (Å²) >= 11 is 0. The average Bonchev–Trinajstić information content (AvgIpc) is 3.15. The van der Waals surface area contributed by atoms with Gasteiger partial charge in [-0.1, -0.05) is 30.3 Å². The van der Waals surface area contributed by atoms with Gasteiger partial charge in [0.05, 0.1) is 28.7 Å². The molecule has 0 radical (unpaired) electrons. The number of nitro groups is 1. The molecule has 0 saturated carbocycles. The number of pyridine rings is 1. The van der Waals surface area contributed by atoms with Crippen molar-refractivity contribution in [3.63, 3.8) is 0 Å². The van der Waals surface area contributed by atoms with E-state index < -0.39 is 4.92 Å². The van der Waals surface area contributed by atoms with Crippen molar-refractivity contribution in [3.05, 3.63) is 81.5 Å². The molecule has 0 amide bonds. The first-order valence-corrected chi connectivity index (χ1v) is 7.54. The van der Waals surface area contributed by atoms with Gasteiger partial charge in [-0.15, -0.1) is 0 Å². The molecule has 0 aliphatic heterocycles. The number of nitrogens with zero attached hydrogens (tertiary/aromatic N) is 2. The minimum Gasteiger partial charge on any atom is -0.344 e. The summed E-state index contributed by atoms with van der Waals surface area (Å²) < 4.78 is 0. The van der Waals surface area contributed by atoms with Crippen LogP contribution < -0.4 is 5.56 Å². The second-order valence-corrected chi connectivity index (χ2v) is 5.52. The Balaban J connectivity index is 2.18. The summed E-state index contributed by atoms with van der Waals surface area (Å²) in [6.07, 6.45) is 3.04. The lowest BCUT2D eigenvalue weighted by molar-refractivity contribution is -0.384. The first kappa shape index (κ1) is 14.8. The molecular formula is C18H12N4O3. The molecule has 2 aromatic heterocycles. The maximum Gasteiger partial charge on any atom is 0.270 e. The molecule has 0 unspecified atom stereocenters. The molecule has 122 valence electrons. The van der Waals surface area contributed by atoms with Gasteiger partial charge in [-0.3, -0.25) is 14.9 Å². The normalized spacial score (nSPS) is 10.9. The molecule has 0 bridgehead atoms. The van der Waals surface area contributed by atoms with Crippen LogP contribution in [0.4, 0.5) is 5.69 Å². The molecule has 2 aromatic carbocycles. The van der Waals surface area contributed by atoms with Gasteiger partial charge < -0.3 is 9.97 Å². The molecule has 25 heavy (non-hydrogen) atoms. The van der Waals surface area contributed by atoms with E-state index in [0.717, 1.165) is 5.56 Å². The van der Waals surface area contributed by atoms with E-state index in [1.807, 2.05) is 30.3 Å². The van der Waals surface area contributed by atoms with Gasteiger partial charge in [0, 0.05) is 28.6 Å². The Labute approximate surface area is 141 Å². The molecule has 0 fully saturated rings. The van der Waals surface area contributed by atoms with Crippen LogP contribution in [-0.2, 0) is 0 Å². The SMILES string of the molecule is O=c1[nH]c2ccc([N+](=O)[O-])cc2c(-c2ccccc2)c1-c1cnc[nH]1. The van der Waals surface area contributed by atoms with Crippen LogP contribution in [0.2, 0.25) is 0 Å². The van der Waals surface area contributed by atoms with E-state index >= 15 is 0 Å². The third-order valence-electron chi connectivity index (χ3n) is 4.04. The lowest BCUT2D eigenvalue weighted by Gasteiger charge is -2.12. The molecule has 4 aromatic rings. The van der Waals surface area contributed by atoms with Crippen molar-refractivity contribution in [2.24, 2.45) is 0 Å². The van der Waals surface area contributed by atoms with Gasteiger partial charge in [0.15, 0.2) is 0 Å². The topological polar surface area (TPSA) is 105 Å². The van der Waals surface area contributed by atoms with Crippen LogP contribution in [0.15, 0.2) is 65.8 Å². The van der Waals surface area contributed by atoms with Crippen LogP contribution in [0.1, 0.15) is 0 Å². The van der Waals surface area contributed by atoms with E-state index in [0.29, 0.717) is 27.7 Å². The molecule has 0 saturated heterocycles. The van der Waals surface area contributed by atoms with Gasteiger partial charge in [0.1, 0.15) is 0 Å². The number of rotatable bonds is 3. The number of aromatic amines is 2. The van der Waals surface area contributed by atoms with E-state index in [-0.39, 0.29) is 11.2 Å². The number of fused-ring (bicyclic) bond motifs is 1. The van der Waals surface area contributed by atoms with Crippen molar-refractivity contribution in [3.8, 4) is 22.4 Å². The standard InChI is InChI=1S/C18H12N4O3/c23-18-17(15-9-19-10-20-15)16(11-4-2-1-3-5-11)13-8-12(22(24)25)6-7-14(13)21-18/h1-10H,(H,19,20)(H,21,23). The highest BCUT2D eigenvalue weighted by Gasteiger charge is 2.19. The van der Waals surface area contributed by atoms with E-state index in [2.05, 4.69) is 15.0 Å². The van der Waals surface area contributed by atoms with E-state index in [4.69, 9.17) is 0 Å². The van der Waals surface area contributed by atoms with Crippen molar-refractivity contribution in [1.29, 1.82) is 0 Å². The minimum atomic E-state index is -0.449. The molecule has 0 atom stereocenters. The fourth-order valence-corrected chi connectivity index (χ4v) is 2.95. The van der Waals surface area contributed by atoms with E-state index in [1.165, 1.54) is 18.5 Å². The van der Waals surface area contributed by atoms with Crippen LogP contribution in [0.5, 0.6) is 0 Å². The smallest absolute Gasteiger partial charge is 0.270 e. The molecule has 2 heterocycles. The summed E-state index contributed by atoms with van der Waals surface area (Å²) in [6.45, 7) is 0. The van der Waals surface area contributed by atoms with Gasteiger partial charge in [0.25, 0.3) is 11.2 Å². The predicted molar refractivity (Wildman–Crippen MR) is 94.2 cm³/mol. The summed E-state index contributed by atoms with van der Waals surface area (Å²) in [4.78, 5) is 33.2. The molecule has 4 rings (SSSR count). The zero-order valence-electron chi connectivity index (χ0n) is 12.9. The average molecular weight is 332 g/mol. The highest BCUT2D eigenvalue weighted by molar-refractivity contribution is 6.02. The lowest BCUT2D eigenvalue weighted by Crippen LogP contribution is -2.11. The summed E-state index contributed by atoms with van der Waals surface area (Å²) in [6, 6.07) is 13.7. The molecule has 2 N–H and O–H groups in total. The van der Waals surface area contributed by atoms with Crippen molar-refractivity contribution in [2.75, 3.05) is 0 Å². The van der Waals surface area contributed by atoms with Crippen molar-refractivity contribution in [2.45, 2.75) is 0 Å². The number of nitrogens with one attached hydrogen (secondary N) is 2. The van der Waals surface area contributed by atoms with Crippen LogP contribution in [0.3, 0.4) is 0 Å². The quantitative estimate of drug-likeness (QED) is 0.442. The maximum absolute atomic E-state index is 12.7. The third kappa shape index (κ3) is 2.47. The summed E-state index contributed by atoms with van der Waals surface area (Å²) in [7, 11) is 0. The highest BCUT2D eigenvalue weighted by atomic mass is 16.6. The number of hydrogen-bond donors (Lipinski definition) is 2. The van der Waals surface area contributed by atoms with E-state index in [9.17, 15) is 14.9 Å². The number of benzene rings is 2. The van der Waals surface area contributed by atoms with Crippen molar-refractivity contribution < 1.29 is 4.92 Å². The number of H-pyrrole nitrogens is 2.